The number of aliphatic hydroxyl groups excluding tert-OH is 1. The lowest BCUT2D eigenvalue weighted by Gasteiger charge is -2.20. The molecule has 0 radical (unpaired) electrons. The second-order valence-electron chi connectivity index (χ2n) is 6.31. The summed E-state index contributed by atoms with van der Waals surface area (Å²) in [4.78, 5) is 14.2. The Balaban J connectivity index is 2.14. The molecule has 0 spiro atoms. The molecule has 0 bridgehead atoms. The number of rotatable bonds is 8. The fourth-order valence-electron chi connectivity index (χ4n) is 2.52. The molecule has 0 fully saturated rings. The number of anilines is 2. The van der Waals surface area contributed by atoms with E-state index in [4.69, 9.17) is 11.6 Å². The van der Waals surface area contributed by atoms with Crippen LogP contribution in [0.25, 0.3) is 0 Å². The normalized spacial score (nSPS) is 12.3. The number of hydrogen-bond acceptors (Lipinski definition) is 6. The summed E-state index contributed by atoms with van der Waals surface area (Å²) >= 11 is 5.99. The molecule has 0 aliphatic rings. The predicted molar refractivity (Wildman–Crippen MR) is 97.3 cm³/mol. The van der Waals surface area contributed by atoms with Crippen molar-refractivity contribution in [3.8, 4) is 0 Å². The topological polar surface area (TPSA) is 74.2 Å². The van der Waals surface area contributed by atoms with Crippen LogP contribution < -0.4 is 10.2 Å². The number of nitrogens with one attached hydrogen (secondary N) is 1. The number of nitrogens with zero attached hydrogens (tertiary/aromatic N) is 4. The van der Waals surface area contributed by atoms with E-state index in [0.29, 0.717) is 23.4 Å². The van der Waals surface area contributed by atoms with Crippen molar-refractivity contribution in [2.24, 2.45) is 5.92 Å². The molecule has 0 saturated carbocycles. The van der Waals surface area contributed by atoms with Crippen LogP contribution in [0.4, 0.5) is 16.0 Å². The summed E-state index contributed by atoms with van der Waals surface area (Å²) in [6.07, 6.45) is 0.768. The highest BCUT2D eigenvalue weighted by molar-refractivity contribution is 6.28. The molecule has 0 saturated heterocycles. The number of halogens is 2. The van der Waals surface area contributed by atoms with Crippen LogP contribution in [0, 0.1) is 11.7 Å². The molecular weight excluding hydrogens is 345 g/mol. The molecule has 1 atom stereocenters. The van der Waals surface area contributed by atoms with Gasteiger partial charge in [-0.25, -0.2) is 9.37 Å². The van der Waals surface area contributed by atoms with Crippen molar-refractivity contribution in [2.75, 3.05) is 23.9 Å². The van der Waals surface area contributed by atoms with E-state index in [1.807, 2.05) is 0 Å². The van der Waals surface area contributed by atoms with Gasteiger partial charge in [0.05, 0.1) is 24.9 Å². The van der Waals surface area contributed by atoms with Crippen molar-refractivity contribution in [1.29, 1.82) is 0 Å². The van der Waals surface area contributed by atoms with Crippen LogP contribution >= 0.6 is 11.6 Å². The van der Waals surface area contributed by atoms with E-state index in [2.05, 4.69) is 34.1 Å². The molecule has 6 nitrogen and oxygen atoms in total. The first-order chi connectivity index (χ1) is 11.9. The standard InChI is InChI=1S/C17H23ClFN5O/c1-11(2)8-12(10-25)20-17-22-15(21-16(18)23-17)9-24(3)14-7-5-4-6-13(14)19/h4-7,11-12,25H,8-10H2,1-3H3,(H,20,21,22,23)/t12-/m1/s1. The summed E-state index contributed by atoms with van der Waals surface area (Å²) in [5.41, 5.74) is 0.446. The average molecular weight is 368 g/mol. The Kier molecular flexibility index (Phi) is 6.90. The van der Waals surface area contributed by atoms with Crippen LogP contribution in [-0.2, 0) is 6.54 Å². The molecule has 0 unspecified atom stereocenters. The minimum Gasteiger partial charge on any atom is -0.394 e. The van der Waals surface area contributed by atoms with Crippen molar-refractivity contribution in [1.82, 2.24) is 15.0 Å². The first-order valence-corrected chi connectivity index (χ1v) is 8.50. The maximum Gasteiger partial charge on any atom is 0.227 e. The van der Waals surface area contributed by atoms with Gasteiger partial charge < -0.3 is 15.3 Å². The third-order valence-corrected chi connectivity index (χ3v) is 3.78. The molecule has 1 aromatic heterocycles. The van der Waals surface area contributed by atoms with Crippen LogP contribution in [0.15, 0.2) is 24.3 Å². The maximum absolute atomic E-state index is 13.9. The highest BCUT2D eigenvalue weighted by atomic mass is 35.5. The Morgan fingerprint density at radius 2 is 1.96 bits per heavy atom. The molecule has 2 rings (SSSR count). The van der Waals surface area contributed by atoms with Crippen molar-refractivity contribution >= 4 is 23.2 Å². The lowest BCUT2D eigenvalue weighted by atomic mass is 10.0. The van der Waals surface area contributed by atoms with E-state index in [1.54, 1.807) is 30.1 Å². The number of aliphatic hydroxyl groups is 1. The van der Waals surface area contributed by atoms with E-state index in [9.17, 15) is 9.50 Å². The van der Waals surface area contributed by atoms with E-state index in [-0.39, 0.29) is 30.3 Å². The van der Waals surface area contributed by atoms with Gasteiger partial charge >= 0.3 is 0 Å². The quantitative estimate of drug-likeness (QED) is 0.746. The smallest absolute Gasteiger partial charge is 0.227 e. The molecule has 8 heteroatoms. The molecule has 0 amide bonds. The Hall–Kier alpha value is -1.99. The van der Waals surface area contributed by atoms with Gasteiger partial charge in [0.25, 0.3) is 0 Å². The van der Waals surface area contributed by atoms with E-state index >= 15 is 0 Å². The molecule has 1 aromatic carbocycles. The zero-order chi connectivity index (χ0) is 18.4. The van der Waals surface area contributed by atoms with Gasteiger partial charge in [0.15, 0.2) is 5.82 Å². The summed E-state index contributed by atoms with van der Waals surface area (Å²) in [5, 5.41) is 12.6. The van der Waals surface area contributed by atoms with Crippen LogP contribution in [0.1, 0.15) is 26.1 Å². The molecule has 2 N–H and O–H groups in total. The van der Waals surface area contributed by atoms with Crippen LogP contribution in [0.5, 0.6) is 0 Å². The van der Waals surface area contributed by atoms with Crippen molar-refractivity contribution in [2.45, 2.75) is 32.9 Å². The third kappa shape index (κ3) is 5.79. The average Bonchev–Trinajstić information content (AvgIpc) is 2.53. The third-order valence-electron chi connectivity index (χ3n) is 3.61. The van der Waals surface area contributed by atoms with E-state index in [1.165, 1.54) is 6.07 Å². The lowest BCUT2D eigenvalue weighted by molar-refractivity contribution is 0.259. The predicted octanol–water partition coefficient (Wildman–Crippen LogP) is 3.12. The molecule has 25 heavy (non-hydrogen) atoms. The van der Waals surface area contributed by atoms with Crippen molar-refractivity contribution in [3.63, 3.8) is 0 Å². The molecule has 2 aromatic rings. The largest absolute Gasteiger partial charge is 0.394 e. The van der Waals surface area contributed by atoms with Gasteiger partial charge in [0, 0.05) is 7.05 Å². The first kappa shape index (κ1) is 19.3. The molecular formula is C17H23ClFN5O. The van der Waals surface area contributed by atoms with Crippen LogP contribution in [0.3, 0.4) is 0 Å². The Morgan fingerprint density at radius 3 is 2.60 bits per heavy atom. The number of aromatic nitrogens is 3. The second kappa shape index (κ2) is 8.92. The Bertz CT molecular complexity index is 700. The second-order valence-corrected chi connectivity index (χ2v) is 6.64. The molecule has 1 heterocycles. The van der Waals surface area contributed by atoms with Gasteiger partial charge in [-0.05, 0) is 36.1 Å². The van der Waals surface area contributed by atoms with Gasteiger partial charge in [-0.15, -0.1) is 0 Å². The molecule has 0 aliphatic heterocycles. The van der Waals surface area contributed by atoms with Crippen LogP contribution in [0.2, 0.25) is 5.28 Å². The summed E-state index contributed by atoms with van der Waals surface area (Å²) in [7, 11) is 1.75. The Labute approximate surface area is 152 Å². The number of para-hydroxylation sites is 1. The molecule has 136 valence electrons. The summed E-state index contributed by atoms with van der Waals surface area (Å²) in [6.45, 7) is 4.37. The zero-order valence-electron chi connectivity index (χ0n) is 14.6. The fourth-order valence-corrected chi connectivity index (χ4v) is 2.69. The fraction of sp³-hybridized carbons (Fsp3) is 0.471. The summed E-state index contributed by atoms with van der Waals surface area (Å²) < 4.78 is 13.9. The van der Waals surface area contributed by atoms with Crippen molar-refractivity contribution in [3.05, 3.63) is 41.2 Å². The Morgan fingerprint density at radius 1 is 1.24 bits per heavy atom. The maximum atomic E-state index is 13.9. The highest BCUT2D eigenvalue weighted by Crippen LogP contribution is 2.19. The van der Waals surface area contributed by atoms with Crippen molar-refractivity contribution < 1.29 is 9.50 Å². The van der Waals surface area contributed by atoms with Gasteiger partial charge in [0.2, 0.25) is 11.2 Å². The van der Waals surface area contributed by atoms with E-state index < -0.39 is 0 Å². The minimum absolute atomic E-state index is 0.0358. The van der Waals surface area contributed by atoms with Gasteiger partial charge in [0.1, 0.15) is 5.82 Å². The number of benzene rings is 1. The zero-order valence-corrected chi connectivity index (χ0v) is 15.3. The van der Waals surface area contributed by atoms with Crippen LogP contribution in [-0.4, -0.2) is 39.8 Å². The SMILES string of the molecule is CC(C)C[C@H](CO)Nc1nc(Cl)nc(CN(C)c2ccccc2F)n1. The summed E-state index contributed by atoms with van der Waals surface area (Å²) in [5.74, 6) is 0.806. The van der Waals surface area contributed by atoms with E-state index in [0.717, 1.165) is 6.42 Å². The minimum atomic E-state index is -0.319. The monoisotopic (exact) mass is 367 g/mol. The highest BCUT2D eigenvalue weighted by Gasteiger charge is 2.14. The number of hydrogen-bond donors (Lipinski definition) is 2. The first-order valence-electron chi connectivity index (χ1n) is 8.12. The molecule has 0 aliphatic carbocycles. The lowest BCUT2D eigenvalue weighted by Crippen LogP contribution is -2.27. The summed E-state index contributed by atoms with van der Waals surface area (Å²) in [6, 6.07) is 6.31. The van der Waals surface area contributed by atoms with Gasteiger partial charge in [-0.2, -0.15) is 9.97 Å². The van der Waals surface area contributed by atoms with Gasteiger partial charge in [-0.1, -0.05) is 26.0 Å². The van der Waals surface area contributed by atoms with Gasteiger partial charge in [-0.3, -0.25) is 0 Å².